The summed E-state index contributed by atoms with van der Waals surface area (Å²) in [7, 11) is 0. The summed E-state index contributed by atoms with van der Waals surface area (Å²) in [6.07, 6.45) is -1.33. The van der Waals surface area contributed by atoms with E-state index >= 15 is 0 Å². The maximum Gasteiger partial charge on any atom is 0.438 e. The van der Waals surface area contributed by atoms with Gasteiger partial charge in [0.1, 0.15) is 0 Å². The minimum atomic E-state index is -1.33. The minimum absolute atomic E-state index is 0.178. The quantitative estimate of drug-likeness (QED) is 0.448. The lowest BCUT2D eigenvalue weighted by Gasteiger charge is -1.94. The number of carboxylic acid groups (broad SMARTS) is 1. The van der Waals surface area contributed by atoms with Crippen molar-refractivity contribution in [3.8, 4) is 6.01 Å². The molecule has 0 bridgehead atoms. The van der Waals surface area contributed by atoms with Crippen LogP contribution < -0.4 is 10.3 Å². The van der Waals surface area contributed by atoms with Gasteiger partial charge in [0.15, 0.2) is 0 Å². The van der Waals surface area contributed by atoms with Crippen molar-refractivity contribution >= 4 is 6.09 Å². The van der Waals surface area contributed by atoms with Gasteiger partial charge in [-0.1, -0.05) is 10.2 Å². The number of aromatic nitrogens is 4. The zero-order valence-electron chi connectivity index (χ0n) is 4.61. The van der Waals surface area contributed by atoms with Gasteiger partial charge in [0, 0.05) is 0 Å². The largest absolute Gasteiger partial charge is 0.463 e. The molecule has 0 aliphatic rings. The van der Waals surface area contributed by atoms with Gasteiger partial charge in [-0.15, -0.1) is 5.48 Å². The van der Waals surface area contributed by atoms with Gasteiger partial charge in [0.2, 0.25) is 0 Å². The van der Waals surface area contributed by atoms with E-state index in [1.165, 1.54) is 0 Å². The van der Waals surface area contributed by atoms with Crippen LogP contribution in [0.4, 0.5) is 4.79 Å². The molecule has 10 heavy (non-hydrogen) atoms. The summed E-state index contributed by atoms with van der Waals surface area (Å²) in [6, 6.07) is -0.178. The first-order valence-corrected chi connectivity index (χ1v) is 2.18. The molecule has 0 aliphatic carbocycles. The van der Waals surface area contributed by atoms with Gasteiger partial charge in [-0.25, -0.2) is 4.79 Å². The van der Waals surface area contributed by atoms with Gasteiger partial charge in [0.05, 0.1) is 0 Å². The molecule has 8 nitrogen and oxygen atoms in total. The fourth-order valence-corrected chi connectivity index (χ4v) is 0.285. The summed E-state index contributed by atoms with van der Waals surface area (Å²) in [4.78, 5) is 14.0. The molecule has 0 unspecified atom stereocenters. The summed E-state index contributed by atoms with van der Waals surface area (Å²) in [6.45, 7) is 0. The molecule has 1 aromatic heterocycles. The average Bonchev–Trinajstić information content (AvgIpc) is 2.34. The Morgan fingerprint density at radius 3 is 3.10 bits per heavy atom. The van der Waals surface area contributed by atoms with Crippen LogP contribution in [-0.2, 0) is 0 Å². The molecule has 8 heteroatoms. The van der Waals surface area contributed by atoms with Crippen LogP contribution in [0.5, 0.6) is 6.01 Å². The first-order chi connectivity index (χ1) is 4.79. The third-order valence-corrected chi connectivity index (χ3v) is 0.556. The topological polar surface area (TPSA) is 113 Å². The van der Waals surface area contributed by atoms with Gasteiger partial charge >= 0.3 is 12.1 Å². The zero-order valence-corrected chi connectivity index (χ0v) is 4.61. The third-order valence-electron chi connectivity index (χ3n) is 0.556. The van der Waals surface area contributed by atoms with Gasteiger partial charge < -0.3 is 9.94 Å². The number of hydrogen-bond acceptors (Lipinski definition) is 5. The highest BCUT2D eigenvalue weighted by Gasteiger charge is 1.99. The Bertz CT molecular complexity index is 207. The van der Waals surface area contributed by atoms with Gasteiger partial charge in [0.25, 0.3) is 0 Å². The van der Waals surface area contributed by atoms with Crippen LogP contribution >= 0.6 is 0 Å². The summed E-state index contributed by atoms with van der Waals surface area (Å²) in [5.74, 6) is 0. The summed E-state index contributed by atoms with van der Waals surface area (Å²) in [5.41, 5.74) is 1.58. The van der Waals surface area contributed by atoms with Crippen molar-refractivity contribution in [2.45, 2.75) is 0 Å². The van der Waals surface area contributed by atoms with E-state index in [0.717, 1.165) is 0 Å². The predicted octanol–water partition coefficient (Wildman–Crippen LogP) is -1.24. The highest BCUT2D eigenvalue weighted by molar-refractivity contribution is 5.63. The molecule has 0 atom stereocenters. The van der Waals surface area contributed by atoms with Crippen LogP contribution in [0.2, 0.25) is 0 Å². The third kappa shape index (κ3) is 1.58. The fraction of sp³-hybridized carbons (Fsp3) is 0. The molecule has 0 radical (unpaired) electrons. The highest BCUT2D eigenvalue weighted by atomic mass is 16.7. The highest BCUT2D eigenvalue weighted by Crippen LogP contribution is 1.89. The number of hydroxylamine groups is 1. The maximum atomic E-state index is 9.77. The molecule has 3 N–H and O–H groups in total. The Morgan fingerprint density at radius 2 is 2.60 bits per heavy atom. The maximum absolute atomic E-state index is 9.77. The second-order valence-electron chi connectivity index (χ2n) is 1.20. The molecule has 0 saturated carbocycles. The molecule has 1 rings (SSSR count). The summed E-state index contributed by atoms with van der Waals surface area (Å²) in [5, 5.41) is 19.7. The van der Waals surface area contributed by atoms with Crippen LogP contribution in [0.15, 0.2) is 0 Å². The van der Waals surface area contributed by atoms with Crippen molar-refractivity contribution < 1.29 is 14.7 Å². The van der Waals surface area contributed by atoms with Crippen LogP contribution in [0.3, 0.4) is 0 Å². The molecule has 0 aromatic carbocycles. The van der Waals surface area contributed by atoms with Gasteiger partial charge in [-0.3, -0.25) is 0 Å². The molecule has 1 aromatic rings. The van der Waals surface area contributed by atoms with Crippen LogP contribution in [0, 0.1) is 0 Å². The Hall–Kier alpha value is -1.86. The van der Waals surface area contributed by atoms with E-state index < -0.39 is 6.09 Å². The lowest BCUT2D eigenvalue weighted by molar-refractivity contribution is 0.129. The predicted molar refractivity (Wildman–Crippen MR) is 26.0 cm³/mol. The molecule has 54 valence electrons. The first-order valence-electron chi connectivity index (χ1n) is 2.18. The molecule has 0 aliphatic heterocycles. The summed E-state index contributed by atoms with van der Waals surface area (Å²) < 4.78 is 0. The van der Waals surface area contributed by atoms with E-state index in [1.54, 1.807) is 5.48 Å². The average molecular weight is 145 g/mol. The van der Waals surface area contributed by atoms with Crippen LogP contribution in [-0.4, -0.2) is 31.8 Å². The number of aromatic amines is 1. The number of carbonyl (C=O) groups is 1. The Balaban J connectivity index is 2.35. The van der Waals surface area contributed by atoms with Crippen molar-refractivity contribution in [2.75, 3.05) is 0 Å². The molecule has 0 fully saturated rings. The normalized spacial score (nSPS) is 8.80. The zero-order chi connectivity index (χ0) is 7.40. The van der Waals surface area contributed by atoms with Crippen molar-refractivity contribution in [3.63, 3.8) is 0 Å². The number of tetrazole rings is 1. The number of H-pyrrole nitrogens is 1. The molecule has 0 saturated heterocycles. The lowest BCUT2D eigenvalue weighted by Crippen LogP contribution is -2.25. The fourth-order valence-electron chi connectivity index (χ4n) is 0.285. The van der Waals surface area contributed by atoms with Crippen LogP contribution in [0.1, 0.15) is 0 Å². The number of nitrogens with zero attached hydrogens (tertiary/aromatic N) is 3. The molecular weight excluding hydrogens is 142 g/mol. The Morgan fingerprint density at radius 1 is 1.80 bits per heavy atom. The first kappa shape index (κ1) is 6.26. The lowest BCUT2D eigenvalue weighted by atomic mass is 11.2. The van der Waals surface area contributed by atoms with Crippen molar-refractivity contribution in [3.05, 3.63) is 0 Å². The number of amides is 1. The van der Waals surface area contributed by atoms with Crippen LogP contribution in [0.25, 0.3) is 0 Å². The molecule has 0 spiro atoms. The minimum Gasteiger partial charge on any atom is -0.463 e. The van der Waals surface area contributed by atoms with Crippen molar-refractivity contribution in [1.29, 1.82) is 0 Å². The number of rotatable bonds is 2. The second kappa shape index (κ2) is 2.62. The SMILES string of the molecule is O=C(O)NOc1nn[nH]n1. The molecular formula is C2H3N5O3. The number of nitrogens with one attached hydrogen (secondary N) is 2. The van der Waals surface area contributed by atoms with Gasteiger partial charge in [-0.2, -0.15) is 5.21 Å². The molecule has 1 amide bonds. The Kier molecular flexibility index (Phi) is 1.64. The Labute approximate surface area is 54.1 Å². The number of hydrogen-bond donors (Lipinski definition) is 3. The standard InChI is InChI=1S/C2H3N5O3/c8-2(9)5-10-1-3-6-7-4-1/h5H,(H,8,9)(H,3,4,6,7). The van der Waals surface area contributed by atoms with E-state index in [-0.39, 0.29) is 6.01 Å². The molecule has 1 heterocycles. The van der Waals surface area contributed by atoms with E-state index in [0.29, 0.717) is 0 Å². The smallest absolute Gasteiger partial charge is 0.438 e. The monoisotopic (exact) mass is 145 g/mol. The summed E-state index contributed by atoms with van der Waals surface area (Å²) >= 11 is 0. The van der Waals surface area contributed by atoms with E-state index in [4.69, 9.17) is 5.11 Å². The van der Waals surface area contributed by atoms with E-state index in [1.807, 2.05) is 0 Å². The van der Waals surface area contributed by atoms with E-state index in [9.17, 15) is 4.79 Å². The van der Waals surface area contributed by atoms with Crippen molar-refractivity contribution in [2.24, 2.45) is 0 Å². The van der Waals surface area contributed by atoms with E-state index in [2.05, 4.69) is 25.5 Å². The van der Waals surface area contributed by atoms with Crippen molar-refractivity contribution in [1.82, 2.24) is 26.1 Å². The van der Waals surface area contributed by atoms with Gasteiger partial charge in [-0.05, 0) is 5.21 Å². The second-order valence-corrected chi connectivity index (χ2v) is 1.20.